The molecule has 0 aromatic rings. The molecule has 11 nitrogen and oxygen atoms in total. The fourth-order valence-electron chi connectivity index (χ4n) is 9.25. The lowest BCUT2D eigenvalue weighted by atomic mass is 9.91. The maximum atomic E-state index is 12.7. The highest BCUT2D eigenvalue weighted by atomic mass is 16.6. The molecule has 0 unspecified atom stereocenters. The number of unbranched alkanes of at least 4 members (excludes halogenated alkanes) is 22. The molecule has 0 aromatic carbocycles. The Bertz CT molecular complexity index is 1140. The molecule has 1 fully saturated rings. The Kier molecular flexibility index (Phi) is 45.1. The number of nitrogens with zero attached hydrogens (tertiary/aromatic N) is 2. The maximum Gasteiger partial charge on any atom is 0.305 e. The first-order valence-corrected chi connectivity index (χ1v) is 29.5. The third kappa shape index (κ3) is 40.0. The van der Waals surface area contributed by atoms with Gasteiger partial charge in [0.25, 0.3) is 0 Å². The molecular formula is C58H110N2O9. The van der Waals surface area contributed by atoms with Gasteiger partial charge in [0.05, 0.1) is 33.0 Å². The van der Waals surface area contributed by atoms with E-state index in [1.54, 1.807) is 0 Å². The van der Waals surface area contributed by atoms with Crippen molar-refractivity contribution in [1.82, 2.24) is 9.80 Å². The lowest BCUT2D eigenvalue weighted by Gasteiger charge is -2.39. The third-order valence-corrected chi connectivity index (χ3v) is 14.2. The Morgan fingerprint density at radius 1 is 0.406 bits per heavy atom. The minimum absolute atomic E-state index is 0.00174. The molecule has 0 bridgehead atoms. The summed E-state index contributed by atoms with van der Waals surface area (Å²) in [6.45, 7) is 14.5. The number of hydrogen-bond donors (Lipinski definition) is 1. The quantitative estimate of drug-likeness (QED) is 0.0355. The number of carbonyl (C=O) groups excluding carboxylic acids is 4. The summed E-state index contributed by atoms with van der Waals surface area (Å²) in [4.78, 5) is 55.6. The van der Waals surface area contributed by atoms with E-state index in [1.165, 1.54) is 96.3 Å². The molecule has 0 saturated heterocycles. The summed E-state index contributed by atoms with van der Waals surface area (Å²) < 4.78 is 23.0. The van der Waals surface area contributed by atoms with E-state index in [2.05, 4.69) is 37.5 Å². The monoisotopic (exact) mass is 979 g/mol. The average Bonchev–Trinajstić information content (AvgIpc) is 3.32. The standard InChI is InChI=1S/C58H110N2O9/c1-5-9-13-17-21-25-38-55(62)66-48-52(49-67-56(63)39-26-22-18-14-10-6-2)34-29-31-42-59(46-47-61)44-45-60(54-36-33-37-54)43-32-30-35-53(50-68-57(64)40-27-23-19-15-11-7-3)51-69-58(65)41-28-24-20-16-12-8-4/h52-54,61H,5-51H2,1-4H3. The van der Waals surface area contributed by atoms with Gasteiger partial charge in [-0.05, 0) is 77.3 Å². The zero-order valence-corrected chi connectivity index (χ0v) is 45.6. The van der Waals surface area contributed by atoms with Crippen molar-refractivity contribution < 1.29 is 43.2 Å². The summed E-state index contributed by atoms with van der Waals surface area (Å²) >= 11 is 0. The van der Waals surface area contributed by atoms with Crippen LogP contribution in [0.15, 0.2) is 0 Å². The van der Waals surface area contributed by atoms with Gasteiger partial charge in [-0.3, -0.25) is 29.0 Å². The molecule has 0 aliphatic heterocycles. The number of aliphatic hydroxyl groups excluding tert-OH is 1. The van der Waals surface area contributed by atoms with E-state index < -0.39 is 0 Å². The molecule has 69 heavy (non-hydrogen) atoms. The predicted molar refractivity (Wildman–Crippen MR) is 283 cm³/mol. The lowest BCUT2D eigenvalue weighted by Crippen LogP contribution is -2.45. The molecule has 0 radical (unpaired) electrons. The molecule has 1 rings (SSSR count). The molecule has 0 aromatic heterocycles. The van der Waals surface area contributed by atoms with E-state index in [-0.39, 0.29) is 55.5 Å². The Balaban J connectivity index is 2.69. The summed E-state index contributed by atoms with van der Waals surface area (Å²) in [6.07, 6.45) is 38.0. The molecular weight excluding hydrogens is 869 g/mol. The third-order valence-electron chi connectivity index (χ3n) is 14.2. The number of aliphatic hydroxyl groups is 1. The van der Waals surface area contributed by atoms with Crippen LogP contribution in [0, 0.1) is 11.8 Å². The van der Waals surface area contributed by atoms with Crippen LogP contribution in [-0.4, -0.2) is 111 Å². The second-order valence-corrected chi connectivity index (χ2v) is 20.7. The zero-order chi connectivity index (χ0) is 50.3. The summed E-state index contributed by atoms with van der Waals surface area (Å²) in [7, 11) is 0. The second-order valence-electron chi connectivity index (χ2n) is 20.7. The maximum absolute atomic E-state index is 12.7. The number of rotatable bonds is 52. The van der Waals surface area contributed by atoms with Gasteiger partial charge in [0, 0.05) is 63.2 Å². The predicted octanol–water partition coefficient (Wildman–Crippen LogP) is 13.9. The van der Waals surface area contributed by atoms with E-state index in [0.29, 0.717) is 51.5 Å². The zero-order valence-electron chi connectivity index (χ0n) is 45.6. The Morgan fingerprint density at radius 2 is 0.739 bits per heavy atom. The highest BCUT2D eigenvalue weighted by Gasteiger charge is 2.25. The van der Waals surface area contributed by atoms with Crippen molar-refractivity contribution in [1.29, 1.82) is 0 Å². The molecule has 0 heterocycles. The highest BCUT2D eigenvalue weighted by Crippen LogP contribution is 2.26. The first-order chi connectivity index (χ1) is 33.8. The molecule has 1 aliphatic carbocycles. The van der Waals surface area contributed by atoms with Crippen LogP contribution in [0.3, 0.4) is 0 Å². The molecule has 406 valence electrons. The first kappa shape index (κ1) is 64.8. The molecule has 0 spiro atoms. The second kappa shape index (κ2) is 48.1. The fourth-order valence-corrected chi connectivity index (χ4v) is 9.25. The molecule has 0 amide bonds. The minimum atomic E-state index is -0.155. The number of hydrogen-bond acceptors (Lipinski definition) is 11. The largest absolute Gasteiger partial charge is 0.465 e. The van der Waals surface area contributed by atoms with Gasteiger partial charge in [-0.25, -0.2) is 0 Å². The molecule has 1 saturated carbocycles. The van der Waals surface area contributed by atoms with Crippen LogP contribution < -0.4 is 0 Å². The van der Waals surface area contributed by atoms with Crippen LogP contribution in [0.1, 0.15) is 265 Å². The van der Waals surface area contributed by atoms with Gasteiger partial charge in [0.1, 0.15) is 0 Å². The van der Waals surface area contributed by atoms with Crippen LogP contribution in [-0.2, 0) is 38.1 Å². The van der Waals surface area contributed by atoms with Crippen LogP contribution in [0.25, 0.3) is 0 Å². The van der Waals surface area contributed by atoms with Crippen LogP contribution in [0.5, 0.6) is 0 Å². The molecule has 11 heteroatoms. The van der Waals surface area contributed by atoms with Crippen LogP contribution in [0.4, 0.5) is 0 Å². The van der Waals surface area contributed by atoms with E-state index in [0.717, 1.165) is 142 Å². The van der Waals surface area contributed by atoms with Gasteiger partial charge in [-0.2, -0.15) is 0 Å². The van der Waals surface area contributed by atoms with E-state index >= 15 is 0 Å². The normalized spacial score (nSPS) is 12.9. The van der Waals surface area contributed by atoms with Crippen molar-refractivity contribution in [3.63, 3.8) is 0 Å². The topological polar surface area (TPSA) is 132 Å². The number of ether oxygens (including phenoxy) is 4. The smallest absolute Gasteiger partial charge is 0.305 e. The number of carbonyl (C=O) groups is 4. The van der Waals surface area contributed by atoms with Gasteiger partial charge in [0.2, 0.25) is 0 Å². The van der Waals surface area contributed by atoms with Gasteiger partial charge in [-0.15, -0.1) is 0 Å². The van der Waals surface area contributed by atoms with Crippen molar-refractivity contribution in [2.24, 2.45) is 11.8 Å². The SMILES string of the molecule is CCCCCCCCC(=O)OCC(CCCCN(CCO)CCN(CCCCC(COC(=O)CCCCCCCC)COC(=O)CCCCCCCC)C1CCC1)COC(=O)CCCCCCCC. The van der Waals surface area contributed by atoms with Crippen LogP contribution >= 0.6 is 0 Å². The molecule has 1 aliphatic rings. The summed E-state index contributed by atoms with van der Waals surface area (Å²) in [5.74, 6) is -0.622. The fraction of sp³-hybridized carbons (Fsp3) is 0.931. The summed E-state index contributed by atoms with van der Waals surface area (Å²) in [5, 5.41) is 10.0. The van der Waals surface area contributed by atoms with Gasteiger partial charge >= 0.3 is 23.9 Å². The van der Waals surface area contributed by atoms with Crippen molar-refractivity contribution in [3.8, 4) is 0 Å². The van der Waals surface area contributed by atoms with E-state index in [1.807, 2.05) is 0 Å². The highest BCUT2D eigenvalue weighted by molar-refractivity contribution is 5.70. The Morgan fingerprint density at radius 3 is 1.06 bits per heavy atom. The Labute approximate surface area is 424 Å². The summed E-state index contributed by atoms with van der Waals surface area (Å²) in [5.41, 5.74) is 0. The van der Waals surface area contributed by atoms with Gasteiger partial charge in [-0.1, -0.05) is 175 Å². The van der Waals surface area contributed by atoms with Crippen molar-refractivity contribution in [3.05, 3.63) is 0 Å². The van der Waals surface area contributed by atoms with Crippen molar-refractivity contribution in [2.45, 2.75) is 271 Å². The van der Waals surface area contributed by atoms with E-state index in [9.17, 15) is 24.3 Å². The average molecular weight is 980 g/mol. The number of esters is 4. The lowest BCUT2D eigenvalue weighted by molar-refractivity contribution is -0.151. The van der Waals surface area contributed by atoms with Gasteiger partial charge in [0.15, 0.2) is 0 Å². The van der Waals surface area contributed by atoms with Crippen molar-refractivity contribution in [2.75, 3.05) is 65.8 Å². The minimum Gasteiger partial charge on any atom is -0.465 e. The Hall–Kier alpha value is -2.24. The summed E-state index contributed by atoms with van der Waals surface area (Å²) in [6, 6.07) is 0.593. The molecule has 0 atom stereocenters. The van der Waals surface area contributed by atoms with Crippen LogP contribution in [0.2, 0.25) is 0 Å². The van der Waals surface area contributed by atoms with E-state index in [4.69, 9.17) is 18.9 Å². The van der Waals surface area contributed by atoms with Crippen molar-refractivity contribution >= 4 is 23.9 Å². The van der Waals surface area contributed by atoms with Gasteiger partial charge < -0.3 is 24.1 Å². The molecule has 1 N–H and O–H groups in total. The first-order valence-electron chi connectivity index (χ1n) is 29.5.